The van der Waals surface area contributed by atoms with Crippen molar-refractivity contribution in [3.05, 3.63) is 29.3 Å². The number of benzene rings is 1. The highest BCUT2D eigenvalue weighted by atomic mass is 16.5. The number of ether oxygens (including phenoxy) is 1. The summed E-state index contributed by atoms with van der Waals surface area (Å²) in [5, 5.41) is 9.56. The highest BCUT2D eigenvalue weighted by Crippen LogP contribution is 2.42. The Labute approximate surface area is 115 Å². The Hall–Kier alpha value is -1.49. The Kier molecular flexibility index (Phi) is 3.22. The summed E-state index contributed by atoms with van der Waals surface area (Å²) in [5.74, 6) is 1.03. The van der Waals surface area contributed by atoms with Crippen LogP contribution in [-0.2, 0) is 6.42 Å². The maximum Gasteiger partial charge on any atom is 0.123 e. The molecule has 1 heterocycles. The molecule has 100 valence electrons. The van der Waals surface area contributed by atoms with Gasteiger partial charge in [-0.15, -0.1) is 0 Å². The van der Waals surface area contributed by atoms with Crippen LogP contribution in [0.2, 0.25) is 0 Å². The van der Waals surface area contributed by atoms with E-state index in [1.165, 1.54) is 30.4 Å². The standard InChI is InChI=1S/C17H21NO/c1-13-5-6-16-14(9-13)10-15(19-16)11-17(12-18)7-3-2-4-8-17/h5-6,9,15H,2-4,7-8,10-11H2,1H3. The van der Waals surface area contributed by atoms with Gasteiger partial charge in [-0.2, -0.15) is 5.26 Å². The molecule has 1 aromatic rings. The first-order valence-electron chi connectivity index (χ1n) is 7.38. The van der Waals surface area contributed by atoms with Gasteiger partial charge in [-0.3, -0.25) is 0 Å². The molecule has 1 unspecified atom stereocenters. The molecule has 1 aliphatic carbocycles. The smallest absolute Gasteiger partial charge is 0.123 e. The van der Waals surface area contributed by atoms with Crippen molar-refractivity contribution >= 4 is 0 Å². The minimum atomic E-state index is -0.125. The van der Waals surface area contributed by atoms with Gasteiger partial charge in [-0.05, 0) is 31.4 Å². The summed E-state index contributed by atoms with van der Waals surface area (Å²) in [6.45, 7) is 2.12. The maximum absolute atomic E-state index is 9.56. The van der Waals surface area contributed by atoms with Gasteiger partial charge >= 0.3 is 0 Å². The summed E-state index contributed by atoms with van der Waals surface area (Å²) in [7, 11) is 0. The molecule has 1 saturated carbocycles. The summed E-state index contributed by atoms with van der Waals surface area (Å²) in [6, 6.07) is 8.99. The van der Waals surface area contributed by atoms with Gasteiger partial charge in [0.05, 0.1) is 11.5 Å². The molecule has 2 aliphatic rings. The molecule has 2 heteroatoms. The number of hydrogen-bond acceptors (Lipinski definition) is 2. The number of nitrogens with zero attached hydrogens (tertiary/aromatic N) is 1. The molecule has 1 atom stereocenters. The minimum absolute atomic E-state index is 0.125. The van der Waals surface area contributed by atoms with E-state index in [4.69, 9.17) is 4.74 Å². The van der Waals surface area contributed by atoms with Crippen molar-refractivity contribution in [2.24, 2.45) is 5.41 Å². The van der Waals surface area contributed by atoms with E-state index in [0.717, 1.165) is 31.4 Å². The second-order valence-corrected chi connectivity index (χ2v) is 6.21. The molecule has 2 nitrogen and oxygen atoms in total. The van der Waals surface area contributed by atoms with Crippen LogP contribution in [0.15, 0.2) is 18.2 Å². The van der Waals surface area contributed by atoms with Crippen molar-refractivity contribution in [2.45, 2.75) is 58.0 Å². The molecule has 0 bridgehead atoms. The molecule has 1 aromatic carbocycles. The molecular weight excluding hydrogens is 234 g/mol. The first-order valence-corrected chi connectivity index (χ1v) is 7.38. The van der Waals surface area contributed by atoms with E-state index in [2.05, 4.69) is 31.2 Å². The zero-order valence-corrected chi connectivity index (χ0v) is 11.6. The molecule has 3 rings (SSSR count). The van der Waals surface area contributed by atoms with Gasteiger partial charge in [0.25, 0.3) is 0 Å². The lowest BCUT2D eigenvalue weighted by Crippen LogP contribution is -2.29. The van der Waals surface area contributed by atoms with Gasteiger partial charge in [-0.25, -0.2) is 0 Å². The monoisotopic (exact) mass is 255 g/mol. The highest BCUT2D eigenvalue weighted by Gasteiger charge is 2.37. The van der Waals surface area contributed by atoms with Gasteiger partial charge in [0.15, 0.2) is 0 Å². The van der Waals surface area contributed by atoms with Crippen LogP contribution >= 0.6 is 0 Å². The van der Waals surface area contributed by atoms with Crippen molar-refractivity contribution in [3.63, 3.8) is 0 Å². The molecular formula is C17H21NO. The van der Waals surface area contributed by atoms with Crippen LogP contribution < -0.4 is 4.74 Å². The second kappa shape index (κ2) is 4.89. The fourth-order valence-electron chi connectivity index (χ4n) is 3.59. The quantitative estimate of drug-likeness (QED) is 0.794. The molecule has 0 amide bonds. The Balaban J connectivity index is 1.71. The van der Waals surface area contributed by atoms with Crippen molar-refractivity contribution in [3.8, 4) is 11.8 Å². The molecule has 1 aliphatic heterocycles. The van der Waals surface area contributed by atoms with Crippen molar-refractivity contribution in [1.29, 1.82) is 5.26 Å². The van der Waals surface area contributed by atoms with E-state index in [1.54, 1.807) is 0 Å². The summed E-state index contributed by atoms with van der Waals surface area (Å²) in [6.07, 6.45) is 7.87. The summed E-state index contributed by atoms with van der Waals surface area (Å²) < 4.78 is 6.04. The molecule has 0 N–H and O–H groups in total. The van der Waals surface area contributed by atoms with Crippen LogP contribution in [-0.4, -0.2) is 6.10 Å². The Morgan fingerprint density at radius 1 is 1.32 bits per heavy atom. The number of rotatable bonds is 2. The van der Waals surface area contributed by atoms with E-state index in [1.807, 2.05) is 0 Å². The second-order valence-electron chi connectivity index (χ2n) is 6.21. The lowest BCUT2D eigenvalue weighted by atomic mass is 9.71. The van der Waals surface area contributed by atoms with E-state index < -0.39 is 0 Å². The summed E-state index contributed by atoms with van der Waals surface area (Å²) >= 11 is 0. The average molecular weight is 255 g/mol. The summed E-state index contributed by atoms with van der Waals surface area (Å²) in [5.41, 5.74) is 2.48. The molecule has 1 fully saturated rings. The van der Waals surface area contributed by atoms with Gasteiger partial charge in [0.1, 0.15) is 11.9 Å². The van der Waals surface area contributed by atoms with E-state index in [-0.39, 0.29) is 11.5 Å². The van der Waals surface area contributed by atoms with Crippen LogP contribution in [0.3, 0.4) is 0 Å². The predicted molar refractivity (Wildman–Crippen MR) is 75.0 cm³/mol. The number of nitriles is 1. The van der Waals surface area contributed by atoms with Gasteiger partial charge in [-0.1, -0.05) is 37.0 Å². The Bertz CT molecular complexity index is 508. The Morgan fingerprint density at radius 3 is 2.84 bits per heavy atom. The minimum Gasteiger partial charge on any atom is -0.490 e. The topological polar surface area (TPSA) is 33.0 Å². The molecule has 0 aromatic heterocycles. The van der Waals surface area contributed by atoms with Crippen molar-refractivity contribution in [2.75, 3.05) is 0 Å². The van der Waals surface area contributed by atoms with Gasteiger partial charge in [0, 0.05) is 12.8 Å². The lowest BCUT2D eigenvalue weighted by Gasteiger charge is -2.32. The number of hydrogen-bond donors (Lipinski definition) is 0. The van der Waals surface area contributed by atoms with E-state index in [0.29, 0.717) is 0 Å². The Morgan fingerprint density at radius 2 is 2.11 bits per heavy atom. The zero-order valence-electron chi connectivity index (χ0n) is 11.6. The molecule has 19 heavy (non-hydrogen) atoms. The number of aryl methyl sites for hydroxylation is 1. The highest BCUT2D eigenvalue weighted by molar-refractivity contribution is 5.40. The van der Waals surface area contributed by atoms with Crippen molar-refractivity contribution in [1.82, 2.24) is 0 Å². The maximum atomic E-state index is 9.56. The van der Waals surface area contributed by atoms with E-state index in [9.17, 15) is 5.26 Å². The van der Waals surface area contributed by atoms with Crippen LogP contribution in [0.5, 0.6) is 5.75 Å². The first-order chi connectivity index (χ1) is 9.21. The number of fused-ring (bicyclic) bond motifs is 1. The fraction of sp³-hybridized carbons (Fsp3) is 0.588. The third kappa shape index (κ3) is 2.47. The fourth-order valence-corrected chi connectivity index (χ4v) is 3.59. The van der Waals surface area contributed by atoms with Gasteiger partial charge in [0.2, 0.25) is 0 Å². The van der Waals surface area contributed by atoms with Crippen molar-refractivity contribution < 1.29 is 4.74 Å². The SMILES string of the molecule is Cc1ccc2c(c1)CC(CC1(C#N)CCCCC1)O2. The van der Waals surface area contributed by atoms with Crippen LogP contribution in [0.4, 0.5) is 0 Å². The molecule has 0 radical (unpaired) electrons. The molecule has 0 spiro atoms. The third-order valence-electron chi connectivity index (χ3n) is 4.62. The zero-order chi connectivity index (χ0) is 13.3. The van der Waals surface area contributed by atoms with Crippen LogP contribution in [0.25, 0.3) is 0 Å². The third-order valence-corrected chi connectivity index (χ3v) is 4.62. The van der Waals surface area contributed by atoms with E-state index >= 15 is 0 Å². The summed E-state index contributed by atoms with van der Waals surface area (Å²) in [4.78, 5) is 0. The molecule has 0 saturated heterocycles. The average Bonchev–Trinajstić information content (AvgIpc) is 2.81. The predicted octanol–water partition coefficient (Wildman–Crippen LogP) is 4.16. The lowest BCUT2D eigenvalue weighted by molar-refractivity contribution is 0.138. The first kappa shape index (κ1) is 12.5. The van der Waals surface area contributed by atoms with Crippen LogP contribution in [0, 0.1) is 23.7 Å². The largest absolute Gasteiger partial charge is 0.490 e. The normalized spacial score (nSPS) is 24.3. The van der Waals surface area contributed by atoms with Crippen LogP contribution in [0.1, 0.15) is 49.7 Å². The van der Waals surface area contributed by atoms with Gasteiger partial charge < -0.3 is 4.74 Å².